The molecule has 1 aromatic carbocycles. The summed E-state index contributed by atoms with van der Waals surface area (Å²) < 4.78 is 18.5. The fourth-order valence-electron chi connectivity index (χ4n) is 1.71. The third kappa shape index (κ3) is 5.26. The van der Waals surface area contributed by atoms with E-state index in [0.29, 0.717) is 18.3 Å². The minimum Gasteiger partial charge on any atom is -0.486 e. The van der Waals surface area contributed by atoms with Crippen molar-refractivity contribution in [3.8, 4) is 5.75 Å². The molecule has 0 atom stereocenters. The Balaban J connectivity index is 1.85. The van der Waals surface area contributed by atoms with Crippen LogP contribution in [0.5, 0.6) is 5.75 Å². The van der Waals surface area contributed by atoms with E-state index in [9.17, 15) is 4.39 Å². The molecular formula is C15H18ClFN2OS. The van der Waals surface area contributed by atoms with Crippen LogP contribution in [0, 0.1) is 11.7 Å². The van der Waals surface area contributed by atoms with Crippen LogP contribution >= 0.6 is 22.9 Å². The fraction of sp³-hybridized carbons (Fsp3) is 0.400. The molecular weight excluding hydrogens is 311 g/mol. The Kier molecular flexibility index (Phi) is 5.96. The molecule has 1 N–H and O–H groups in total. The van der Waals surface area contributed by atoms with Crippen LogP contribution in [-0.4, -0.2) is 11.5 Å². The summed E-state index contributed by atoms with van der Waals surface area (Å²) in [5.41, 5.74) is 0.849. The second-order valence-electron chi connectivity index (χ2n) is 5.12. The number of hydrogen-bond acceptors (Lipinski definition) is 4. The number of nitrogens with zero attached hydrogens (tertiary/aromatic N) is 1. The monoisotopic (exact) mass is 328 g/mol. The van der Waals surface area contributed by atoms with Gasteiger partial charge < -0.3 is 10.1 Å². The molecule has 0 aliphatic carbocycles. The second kappa shape index (κ2) is 7.73. The van der Waals surface area contributed by atoms with Crippen molar-refractivity contribution in [1.29, 1.82) is 0 Å². The average molecular weight is 329 g/mol. The van der Waals surface area contributed by atoms with E-state index in [1.54, 1.807) is 11.3 Å². The lowest BCUT2D eigenvalue weighted by Crippen LogP contribution is -2.18. The highest BCUT2D eigenvalue weighted by molar-refractivity contribution is 7.09. The molecule has 6 heteroatoms. The third-order valence-electron chi connectivity index (χ3n) is 2.70. The standard InChI is InChI=1S/C15H18ClFN2OS/c1-10(2)6-18-7-15-19-12(9-21-15)8-20-14-4-3-11(17)5-13(14)16/h3-5,9-10,18H,6-8H2,1-2H3. The molecule has 0 amide bonds. The molecule has 0 saturated carbocycles. The van der Waals surface area contributed by atoms with E-state index in [1.807, 2.05) is 5.38 Å². The Morgan fingerprint density at radius 3 is 2.95 bits per heavy atom. The van der Waals surface area contributed by atoms with Crippen LogP contribution in [0.15, 0.2) is 23.6 Å². The van der Waals surface area contributed by atoms with E-state index in [4.69, 9.17) is 16.3 Å². The van der Waals surface area contributed by atoms with Gasteiger partial charge in [0.1, 0.15) is 23.2 Å². The van der Waals surface area contributed by atoms with E-state index >= 15 is 0 Å². The Hall–Kier alpha value is -1.17. The lowest BCUT2D eigenvalue weighted by atomic mass is 10.2. The van der Waals surface area contributed by atoms with Crippen LogP contribution < -0.4 is 10.1 Å². The first kappa shape index (κ1) is 16.2. The maximum Gasteiger partial charge on any atom is 0.138 e. The summed E-state index contributed by atoms with van der Waals surface area (Å²) in [6, 6.07) is 4.08. The van der Waals surface area contributed by atoms with E-state index in [2.05, 4.69) is 24.1 Å². The number of benzene rings is 1. The number of aromatic nitrogens is 1. The molecule has 2 rings (SSSR count). The molecule has 0 radical (unpaired) electrons. The number of ether oxygens (including phenoxy) is 1. The van der Waals surface area contributed by atoms with Gasteiger partial charge in [-0.05, 0) is 30.7 Å². The van der Waals surface area contributed by atoms with Gasteiger partial charge in [-0.15, -0.1) is 11.3 Å². The van der Waals surface area contributed by atoms with Crippen molar-refractivity contribution in [2.45, 2.75) is 27.0 Å². The lowest BCUT2D eigenvalue weighted by Gasteiger charge is -2.06. The van der Waals surface area contributed by atoms with E-state index in [1.165, 1.54) is 18.2 Å². The Bertz CT molecular complexity index is 589. The van der Waals surface area contributed by atoms with Crippen LogP contribution in [0.2, 0.25) is 5.02 Å². The van der Waals surface area contributed by atoms with Crippen molar-refractivity contribution in [2.24, 2.45) is 5.92 Å². The van der Waals surface area contributed by atoms with Gasteiger partial charge in [0.25, 0.3) is 0 Å². The van der Waals surface area contributed by atoms with Gasteiger partial charge >= 0.3 is 0 Å². The molecule has 0 fully saturated rings. The predicted octanol–water partition coefficient (Wildman–Crippen LogP) is 4.26. The van der Waals surface area contributed by atoms with Gasteiger partial charge in [0.2, 0.25) is 0 Å². The van der Waals surface area contributed by atoms with Crippen LogP contribution in [0.3, 0.4) is 0 Å². The zero-order valence-corrected chi connectivity index (χ0v) is 13.6. The first-order valence-electron chi connectivity index (χ1n) is 6.76. The first-order valence-corrected chi connectivity index (χ1v) is 8.02. The number of halogens is 2. The van der Waals surface area contributed by atoms with Gasteiger partial charge in [0, 0.05) is 11.9 Å². The summed E-state index contributed by atoms with van der Waals surface area (Å²) in [7, 11) is 0. The minimum atomic E-state index is -0.375. The van der Waals surface area contributed by atoms with Gasteiger partial charge in [0.05, 0.1) is 10.7 Å². The average Bonchev–Trinajstić information content (AvgIpc) is 2.85. The number of rotatable bonds is 7. The first-order chi connectivity index (χ1) is 10.0. The fourth-order valence-corrected chi connectivity index (χ4v) is 2.68. The van der Waals surface area contributed by atoms with Crippen molar-refractivity contribution in [1.82, 2.24) is 10.3 Å². The Labute approximate surface area is 133 Å². The zero-order chi connectivity index (χ0) is 15.2. The van der Waals surface area contributed by atoms with Gasteiger partial charge in [-0.25, -0.2) is 9.37 Å². The highest BCUT2D eigenvalue weighted by Crippen LogP contribution is 2.25. The maximum absolute atomic E-state index is 12.9. The smallest absolute Gasteiger partial charge is 0.138 e. The maximum atomic E-state index is 12.9. The van der Waals surface area contributed by atoms with Gasteiger partial charge in [0.15, 0.2) is 0 Å². The van der Waals surface area contributed by atoms with Crippen molar-refractivity contribution in [3.05, 3.63) is 45.1 Å². The molecule has 1 aromatic heterocycles. The zero-order valence-electron chi connectivity index (χ0n) is 12.0. The minimum absolute atomic E-state index is 0.268. The molecule has 0 bridgehead atoms. The van der Waals surface area contributed by atoms with Gasteiger partial charge in [-0.1, -0.05) is 25.4 Å². The van der Waals surface area contributed by atoms with Crippen molar-refractivity contribution in [3.63, 3.8) is 0 Å². The molecule has 2 aromatic rings. The summed E-state index contributed by atoms with van der Waals surface area (Å²) in [5.74, 6) is 0.707. The quantitative estimate of drug-likeness (QED) is 0.824. The van der Waals surface area contributed by atoms with Gasteiger partial charge in [-0.2, -0.15) is 0 Å². The van der Waals surface area contributed by atoms with E-state index in [-0.39, 0.29) is 10.8 Å². The normalized spacial score (nSPS) is 11.1. The van der Waals surface area contributed by atoms with Crippen LogP contribution in [-0.2, 0) is 13.2 Å². The third-order valence-corrected chi connectivity index (χ3v) is 3.89. The second-order valence-corrected chi connectivity index (χ2v) is 6.47. The number of thiazole rings is 1. The number of nitrogens with one attached hydrogen (secondary N) is 1. The molecule has 0 unspecified atom stereocenters. The molecule has 0 aliphatic heterocycles. The van der Waals surface area contributed by atoms with Crippen molar-refractivity contribution < 1.29 is 9.13 Å². The highest BCUT2D eigenvalue weighted by Gasteiger charge is 2.06. The Morgan fingerprint density at radius 2 is 2.24 bits per heavy atom. The topological polar surface area (TPSA) is 34.2 Å². The summed E-state index contributed by atoms with van der Waals surface area (Å²) in [6.07, 6.45) is 0. The Morgan fingerprint density at radius 1 is 1.43 bits per heavy atom. The van der Waals surface area contributed by atoms with Crippen LogP contribution in [0.1, 0.15) is 24.5 Å². The SMILES string of the molecule is CC(C)CNCc1nc(COc2ccc(F)cc2Cl)cs1. The van der Waals surface area contributed by atoms with E-state index in [0.717, 1.165) is 23.8 Å². The van der Waals surface area contributed by atoms with Crippen molar-refractivity contribution >= 4 is 22.9 Å². The molecule has 3 nitrogen and oxygen atoms in total. The number of hydrogen-bond donors (Lipinski definition) is 1. The summed E-state index contributed by atoms with van der Waals surface area (Å²) in [6.45, 7) is 6.39. The van der Waals surface area contributed by atoms with E-state index < -0.39 is 0 Å². The lowest BCUT2D eigenvalue weighted by molar-refractivity contribution is 0.301. The van der Waals surface area contributed by atoms with Gasteiger partial charge in [-0.3, -0.25) is 0 Å². The largest absolute Gasteiger partial charge is 0.486 e. The molecule has 0 spiro atoms. The van der Waals surface area contributed by atoms with Crippen molar-refractivity contribution in [2.75, 3.05) is 6.54 Å². The summed E-state index contributed by atoms with van der Waals surface area (Å²) in [4.78, 5) is 4.48. The highest BCUT2D eigenvalue weighted by atomic mass is 35.5. The molecule has 114 valence electrons. The van der Waals surface area contributed by atoms with Crippen LogP contribution in [0.4, 0.5) is 4.39 Å². The molecule has 0 aliphatic rings. The molecule has 21 heavy (non-hydrogen) atoms. The summed E-state index contributed by atoms with van der Waals surface area (Å²) >= 11 is 7.50. The molecule has 1 heterocycles. The molecule has 0 saturated heterocycles. The summed E-state index contributed by atoms with van der Waals surface area (Å²) in [5, 5.41) is 6.60. The van der Waals surface area contributed by atoms with Crippen LogP contribution in [0.25, 0.3) is 0 Å². The predicted molar refractivity (Wildman–Crippen MR) is 84.4 cm³/mol.